The lowest BCUT2D eigenvalue weighted by Crippen LogP contribution is -2.39. The van der Waals surface area contributed by atoms with Crippen LogP contribution in [0.5, 0.6) is 0 Å². The molecule has 2 N–H and O–H groups in total. The molecule has 0 unspecified atom stereocenters. The number of nitrogens with two attached hydrogens (primary N) is 1. The largest absolute Gasteiger partial charge is 0.330 e. The van der Waals surface area contributed by atoms with Crippen LogP contribution in [-0.2, 0) is 6.42 Å². The van der Waals surface area contributed by atoms with Crippen LogP contribution in [0, 0.1) is 5.41 Å². The summed E-state index contributed by atoms with van der Waals surface area (Å²) >= 11 is 1.75. The Morgan fingerprint density at radius 3 is 2.83 bits per heavy atom. The van der Waals surface area contributed by atoms with Gasteiger partial charge in [0.2, 0.25) is 0 Å². The molecule has 2 nitrogen and oxygen atoms in total. The number of aromatic nitrogens is 1. The molecule has 0 atom stereocenters. The summed E-state index contributed by atoms with van der Waals surface area (Å²) in [5.41, 5.74) is 6.18. The minimum Gasteiger partial charge on any atom is -0.330 e. The van der Waals surface area contributed by atoms with E-state index in [9.17, 15) is 0 Å². The lowest BCUT2D eigenvalue weighted by Gasteiger charge is -2.40. The number of hydrogen-bond donors (Lipinski definition) is 1. The third kappa shape index (κ3) is 1.39. The standard InChI is InChI=1S/C9H14N2S/c10-7-9(2-1-3-9)6-8-11-4-5-12-8/h4-5H,1-3,6-7,10H2. The Kier molecular flexibility index (Phi) is 2.15. The summed E-state index contributed by atoms with van der Waals surface area (Å²) in [7, 11) is 0. The quantitative estimate of drug-likeness (QED) is 0.774. The highest BCUT2D eigenvalue weighted by Gasteiger charge is 2.36. The van der Waals surface area contributed by atoms with Crippen molar-refractivity contribution >= 4 is 11.3 Å². The van der Waals surface area contributed by atoms with Crippen LogP contribution < -0.4 is 5.73 Å². The summed E-state index contributed by atoms with van der Waals surface area (Å²) in [6, 6.07) is 0. The molecule has 0 spiro atoms. The van der Waals surface area contributed by atoms with Crippen LogP contribution >= 0.6 is 11.3 Å². The molecule has 1 aliphatic rings. The molecule has 1 heterocycles. The first-order valence-corrected chi connectivity index (χ1v) is 5.31. The number of thiazole rings is 1. The van der Waals surface area contributed by atoms with Crippen molar-refractivity contribution < 1.29 is 0 Å². The van der Waals surface area contributed by atoms with Gasteiger partial charge in [0.15, 0.2) is 0 Å². The number of hydrogen-bond acceptors (Lipinski definition) is 3. The van der Waals surface area contributed by atoms with Crippen molar-refractivity contribution in [1.29, 1.82) is 0 Å². The molecule has 66 valence electrons. The Balaban J connectivity index is 2.01. The van der Waals surface area contributed by atoms with Crippen LogP contribution in [0.3, 0.4) is 0 Å². The van der Waals surface area contributed by atoms with E-state index in [1.807, 2.05) is 11.6 Å². The highest BCUT2D eigenvalue weighted by molar-refractivity contribution is 7.09. The van der Waals surface area contributed by atoms with Crippen LogP contribution in [0.25, 0.3) is 0 Å². The Labute approximate surface area is 76.8 Å². The van der Waals surface area contributed by atoms with Crippen molar-refractivity contribution in [2.45, 2.75) is 25.7 Å². The van der Waals surface area contributed by atoms with Gasteiger partial charge >= 0.3 is 0 Å². The maximum absolute atomic E-state index is 5.76. The van der Waals surface area contributed by atoms with E-state index in [4.69, 9.17) is 5.73 Å². The molecule has 1 saturated carbocycles. The van der Waals surface area contributed by atoms with Gasteiger partial charge in [0.1, 0.15) is 0 Å². The molecule has 1 aliphatic carbocycles. The molecule has 1 aromatic heterocycles. The summed E-state index contributed by atoms with van der Waals surface area (Å²) in [6.45, 7) is 0.826. The van der Waals surface area contributed by atoms with E-state index >= 15 is 0 Å². The highest BCUT2D eigenvalue weighted by Crippen LogP contribution is 2.42. The predicted molar refractivity (Wildman–Crippen MR) is 51.2 cm³/mol. The maximum Gasteiger partial charge on any atom is 0.0930 e. The smallest absolute Gasteiger partial charge is 0.0930 e. The molecular weight excluding hydrogens is 168 g/mol. The maximum atomic E-state index is 5.76. The van der Waals surface area contributed by atoms with Crippen LogP contribution in [0.15, 0.2) is 11.6 Å². The fraction of sp³-hybridized carbons (Fsp3) is 0.667. The minimum absolute atomic E-state index is 0.415. The Bertz CT molecular complexity index is 234. The molecule has 3 heteroatoms. The molecule has 1 fully saturated rings. The SMILES string of the molecule is NCC1(Cc2nccs2)CCC1. The van der Waals surface area contributed by atoms with Crippen LogP contribution in [0.2, 0.25) is 0 Å². The van der Waals surface area contributed by atoms with Crippen molar-refractivity contribution in [3.63, 3.8) is 0 Å². The fourth-order valence-corrected chi connectivity index (χ4v) is 2.58. The van der Waals surface area contributed by atoms with Crippen LogP contribution in [0.1, 0.15) is 24.3 Å². The summed E-state index contributed by atoms with van der Waals surface area (Å²) in [6.07, 6.45) is 6.92. The molecular formula is C9H14N2S. The molecule has 0 bridgehead atoms. The molecule has 0 amide bonds. The molecule has 0 radical (unpaired) electrons. The van der Waals surface area contributed by atoms with Gasteiger partial charge in [0.25, 0.3) is 0 Å². The van der Waals surface area contributed by atoms with Gasteiger partial charge in [-0.25, -0.2) is 4.98 Å². The summed E-state index contributed by atoms with van der Waals surface area (Å²) in [4.78, 5) is 4.29. The number of rotatable bonds is 3. The minimum atomic E-state index is 0.415. The average Bonchev–Trinajstić information content (AvgIpc) is 2.49. The third-order valence-electron chi connectivity index (χ3n) is 2.86. The monoisotopic (exact) mass is 182 g/mol. The topological polar surface area (TPSA) is 38.9 Å². The summed E-state index contributed by atoms with van der Waals surface area (Å²) in [5.74, 6) is 0. The van der Waals surface area contributed by atoms with E-state index < -0.39 is 0 Å². The van der Waals surface area contributed by atoms with Crippen LogP contribution in [0.4, 0.5) is 0 Å². The lowest BCUT2D eigenvalue weighted by molar-refractivity contribution is 0.144. The van der Waals surface area contributed by atoms with E-state index in [1.165, 1.54) is 24.3 Å². The Hall–Kier alpha value is -0.410. The second-order valence-corrected chi connectivity index (χ2v) is 4.64. The lowest BCUT2D eigenvalue weighted by atomic mass is 9.67. The third-order valence-corrected chi connectivity index (χ3v) is 3.64. The second-order valence-electron chi connectivity index (χ2n) is 3.66. The van der Waals surface area contributed by atoms with E-state index in [2.05, 4.69) is 4.98 Å². The molecule has 0 aliphatic heterocycles. The Morgan fingerprint density at radius 2 is 2.42 bits per heavy atom. The zero-order valence-corrected chi connectivity index (χ0v) is 7.94. The zero-order chi connectivity index (χ0) is 8.44. The molecule has 2 rings (SSSR count). The fourth-order valence-electron chi connectivity index (χ4n) is 1.79. The summed E-state index contributed by atoms with van der Waals surface area (Å²) in [5, 5.41) is 3.29. The first-order chi connectivity index (χ1) is 5.85. The van der Waals surface area contributed by atoms with Crippen molar-refractivity contribution in [3.8, 4) is 0 Å². The van der Waals surface area contributed by atoms with E-state index in [0.717, 1.165) is 13.0 Å². The van der Waals surface area contributed by atoms with Gasteiger partial charge in [-0.3, -0.25) is 0 Å². The first kappa shape index (κ1) is 8.20. The molecule has 1 aromatic rings. The van der Waals surface area contributed by atoms with Gasteiger partial charge in [0.05, 0.1) is 5.01 Å². The van der Waals surface area contributed by atoms with Crippen molar-refractivity contribution in [1.82, 2.24) is 4.98 Å². The normalized spacial score (nSPS) is 20.4. The molecule has 12 heavy (non-hydrogen) atoms. The number of nitrogens with zero attached hydrogens (tertiary/aromatic N) is 1. The van der Waals surface area contributed by atoms with Gasteiger partial charge < -0.3 is 5.73 Å². The van der Waals surface area contributed by atoms with Crippen molar-refractivity contribution in [2.24, 2.45) is 11.1 Å². The van der Waals surface area contributed by atoms with Gasteiger partial charge in [-0.15, -0.1) is 11.3 Å². The predicted octanol–water partition coefficient (Wildman–Crippen LogP) is 1.81. The highest BCUT2D eigenvalue weighted by atomic mass is 32.1. The molecule has 0 aromatic carbocycles. The first-order valence-electron chi connectivity index (χ1n) is 4.43. The van der Waals surface area contributed by atoms with Gasteiger partial charge in [-0.2, -0.15) is 0 Å². The zero-order valence-electron chi connectivity index (χ0n) is 7.12. The second kappa shape index (κ2) is 3.15. The van der Waals surface area contributed by atoms with E-state index in [1.54, 1.807) is 11.3 Å². The van der Waals surface area contributed by atoms with Crippen molar-refractivity contribution in [3.05, 3.63) is 16.6 Å². The van der Waals surface area contributed by atoms with Gasteiger partial charge in [-0.1, -0.05) is 6.42 Å². The van der Waals surface area contributed by atoms with Crippen LogP contribution in [-0.4, -0.2) is 11.5 Å². The Morgan fingerprint density at radius 1 is 1.58 bits per heavy atom. The summed E-state index contributed by atoms with van der Waals surface area (Å²) < 4.78 is 0. The molecule has 0 saturated heterocycles. The van der Waals surface area contributed by atoms with E-state index in [-0.39, 0.29) is 0 Å². The average molecular weight is 182 g/mol. The van der Waals surface area contributed by atoms with Gasteiger partial charge in [0, 0.05) is 18.0 Å². The van der Waals surface area contributed by atoms with Crippen molar-refractivity contribution in [2.75, 3.05) is 6.54 Å². The van der Waals surface area contributed by atoms with Gasteiger partial charge in [-0.05, 0) is 24.8 Å². The van der Waals surface area contributed by atoms with E-state index in [0.29, 0.717) is 5.41 Å².